The van der Waals surface area contributed by atoms with Gasteiger partial charge in [0.2, 0.25) is 0 Å². The van der Waals surface area contributed by atoms with Crippen molar-refractivity contribution >= 4 is 0 Å². The van der Waals surface area contributed by atoms with E-state index in [2.05, 4.69) is 20.8 Å². The van der Waals surface area contributed by atoms with E-state index in [1.54, 1.807) is 13.8 Å². The first-order valence-corrected chi connectivity index (χ1v) is 5.09. The third kappa shape index (κ3) is 6.05. The zero-order valence-corrected chi connectivity index (χ0v) is 9.54. The Morgan fingerprint density at radius 2 is 1.23 bits per heavy atom. The summed E-state index contributed by atoms with van der Waals surface area (Å²) in [4.78, 5) is 0. The van der Waals surface area contributed by atoms with Gasteiger partial charge in [0, 0.05) is 0 Å². The molecule has 0 aromatic carbocycles. The summed E-state index contributed by atoms with van der Waals surface area (Å²) in [5.41, 5.74) is 0.161. The third-order valence-electron chi connectivity index (χ3n) is 2.48. The summed E-state index contributed by atoms with van der Waals surface area (Å²) >= 11 is 0. The SMILES string of the molecule is CC(O)CC(CC(C)O)C(C)(C)C. The van der Waals surface area contributed by atoms with Crippen LogP contribution in [0, 0.1) is 11.3 Å². The van der Waals surface area contributed by atoms with E-state index >= 15 is 0 Å². The van der Waals surface area contributed by atoms with E-state index in [0.29, 0.717) is 5.92 Å². The summed E-state index contributed by atoms with van der Waals surface area (Å²) < 4.78 is 0. The first-order valence-electron chi connectivity index (χ1n) is 5.09. The molecule has 0 saturated heterocycles. The molecule has 13 heavy (non-hydrogen) atoms. The maximum Gasteiger partial charge on any atom is 0.0515 e. The van der Waals surface area contributed by atoms with Crippen LogP contribution in [0.2, 0.25) is 0 Å². The van der Waals surface area contributed by atoms with Crippen molar-refractivity contribution in [3.05, 3.63) is 0 Å². The number of aliphatic hydroxyl groups excluding tert-OH is 2. The average molecular weight is 188 g/mol. The molecule has 0 radical (unpaired) electrons. The van der Waals surface area contributed by atoms with Crippen molar-refractivity contribution in [2.45, 2.75) is 59.7 Å². The highest BCUT2D eigenvalue weighted by Crippen LogP contribution is 2.33. The van der Waals surface area contributed by atoms with Crippen LogP contribution in [0.25, 0.3) is 0 Å². The van der Waals surface area contributed by atoms with E-state index in [4.69, 9.17) is 0 Å². The highest BCUT2D eigenvalue weighted by Gasteiger charge is 2.26. The second kappa shape index (κ2) is 4.97. The van der Waals surface area contributed by atoms with Gasteiger partial charge in [-0.3, -0.25) is 0 Å². The predicted octanol–water partition coefficient (Wildman–Crippen LogP) is 2.19. The maximum absolute atomic E-state index is 9.32. The molecule has 0 heterocycles. The summed E-state index contributed by atoms with van der Waals surface area (Å²) in [5.74, 6) is 0.382. The summed E-state index contributed by atoms with van der Waals surface area (Å²) in [6.07, 6.45) is 0.994. The van der Waals surface area contributed by atoms with Gasteiger partial charge in [0.05, 0.1) is 12.2 Å². The summed E-state index contributed by atoms with van der Waals surface area (Å²) in [6.45, 7) is 10.1. The van der Waals surface area contributed by atoms with Gasteiger partial charge in [0.25, 0.3) is 0 Å². The minimum absolute atomic E-state index is 0.161. The molecule has 0 aliphatic carbocycles. The van der Waals surface area contributed by atoms with Gasteiger partial charge in [-0.2, -0.15) is 0 Å². The molecule has 0 fully saturated rings. The lowest BCUT2D eigenvalue weighted by molar-refractivity contribution is 0.0707. The lowest BCUT2D eigenvalue weighted by Gasteiger charge is -2.32. The Balaban J connectivity index is 4.20. The second-order valence-corrected chi connectivity index (χ2v) is 5.23. The topological polar surface area (TPSA) is 40.5 Å². The summed E-state index contributed by atoms with van der Waals surface area (Å²) in [5, 5.41) is 18.6. The van der Waals surface area contributed by atoms with Crippen molar-refractivity contribution in [1.29, 1.82) is 0 Å². The fourth-order valence-corrected chi connectivity index (χ4v) is 1.63. The largest absolute Gasteiger partial charge is 0.393 e. The molecule has 0 aliphatic rings. The van der Waals surface area contributed by atoms with E-state index in [1.807, 2.05) is 0 Å². The Kier molecular flexibility index (Phi) is 4.93. The first-order chi connectivity index (χ1) is 5.73. The van der Waals surface area contributed by atoms with E-state index in [1.165, 1.54) is 0 Å². The molecular weight excluding hydrogens is 164 g/mol. The smallest absolute Gasteiger partial charge is 0.0515 e. The normalized spacial score (nSPS) is 19.6. The van der Waals surface area contributed by atoms with E-state index < -0.39 is 0 Å². The molecule has 2 unspecified atom stereocenters. The molecule has 0 aromatic heterocycles. The van der Waals surface area contributed by atoms with Crippen molar-refractivity contribution in [3.8, 4) is 0 Å². The van der Waals surface area contributed by atoms with Crippen molar-refractivity contribution < 1.29 is 10.2 Å². The van der Waals surface area contributed by atoms with Gasteiger partial charge in [-0.1, -0.05) is 20.8 Å². The van der Waals surface area contributed by atoms with Crippen LogP contribution in [0.15, 0.2) is 0 Å². The van der Waals surface area contributed by atoms with Gasteiger partial charge < -0.3 is 10.2 Å². The molecule has 2 heteroatoms. The molecule has 0 amide bonds. The van der Waals surface area contributed by atoms with Crippen molar-refractivity contribution in [3.63, 3.8) is 0 Å². The molecule has 80 valence electrons. The first kappa shape index (κ1) is 12.9. The molecule has 0 rings (SSSR count). The zero-order chi connectivity index (χ0) is 10.6. The van der Waals surface area contributed by atoms with Gasteiger partial charge in [0.1, 0.15) is 0 Å². The van der Waals surface area contributed by atoms with Crippen LogP contribution in [0.5, 0.6) is 0 Å². The molecule has 0 aromatic rings. The monoisotopic (exact) mass is 188 g/mol. The van der Waals surface area contributed by atoms with Crippen LogP contribution in [-0.4, -0.2) is 22.4 Å². The molecule has 2 N–H and O–H groups in total. The van der Waals surface area contributed by atoms with Gasteiger partial charge in [-0.05, 0) is 38.0 Å². The van der Waals surface area contributed by atoms with Gasteiger partial charge >= 0.3 is 0 Å². The lowest BCUT2D eigenvalue weighted by atomic mass is 9.75. The molecule has 0 aliphatic heterocycles. The highest BCUT2D eigenvalue weighted by molar-refractivity contribution is 4.77. The van der Waals surface area contributed by atoms with Crippen LogP contribution in [0.3, 0.4) is 0 Å². The fourth-order valence-electron chi connectivity index (χ4n) is 1.63. The number of aliphatic hydroxyl groups is 2. The van der Waals surface area contributed by atoms with Crippen molar-refractivity contribution in [2.24, 2.45) is 11.3 Å². The van der Waals surface area contributed by atoms with Crippen LogP contribution >= 0.6 is 0 Å². The lowest BCUT2D eigenvalue weighted by Crippen LogP contribution is -2.27. The zero-order valence-electron chi connectivity index (χ0n) is 9.54. The predicted molar refractivity (Wildman–Crippen MR) is 55.5 cm³/mol. The Hall–Kier alpha value is -0.0800. The van der Waals surface area contributed by atoms with E-state index in [9.17, 15) is 10.2 Å². The van der Waals surface area contributed by atoms with Crippen molar-refractivity contribution in [2.75, 3.05) is 0 Å². The molecule has 0 spiro atoms. The van der Waals surface area contributed by atoms with E-state index in [0.717, 1.165) is 12.8 Å². The Labute approximate surface area is 82.0 Å². The maximum atomic E-state index is 9.32. The van der Waals surface area contributed by atoms with Crippen LogP contribution < -0.4 is 0 Å². The second-order valence-electron chi connectivity index (χ2n) is 5.23. The molecule has 2 atom stereocenters. The van der Waals surface area contributed by atoms with Crippen LogP contribution in [-0.2, 0) is 0 Å². The number of hydrogen-bond acceptors (Lipinski definition) is 2. The number of hydrogen-bond donors (Lipinski definition) is 2. The minimum atomic E-state index is -0.275. The Morgan fingerprint density at radius 3 is 1.38 bits per heavy atom. The minimum Gasteiger partial charge on any atom is -0.393 e. The average Bonchev–Trinajstić information content (AvgIpc) is 1.81. The molecule has 0 saturated carbocycles. The summed E-state index contributed by atoms with van der Waals surface area (Å²) in [7, 11) is 0. The van der Waals surface area contributed by atoms with Crippen LogP contribution in [0.1, 0.15) is 47.5 Å². The van der Waals surface area contributed by atoms with Gasteiger partial charge in [0.15, 0.2) is 0 Å². The van der Waals surface area contributed by atoms with E-state index in [-0.39, 0.29) is 17.6 Å². The fraction of sp³-hybridized carbons (Fsp3) is 1.00. The third-order valence-corrected chi connectivity index (χ3v) is 2.48. The standard InChI is InChI=1S/C11H24O2/c1-8(12)6-10(7-9(2)13)11(3,4)5/h8-10,12-13H,6-7H2,1-5H3. The molecule has 0 bridgehead atoms. The quantitative estimate of drug-likeness (QED) is 0.710. The van der Waals surface area contributed by atoms with Crippen molar-refractivity contribution in [1.82, 2.24) is 0 Å². The molecular formula is C11H24O2. The molecule has 2 nitrogen and oxygen atoms in total. The van der Waals surface area contributed by atoms with Gasteiger partial charge in [-0.25, -0.2) is 0 Å². The Bertz CT molecular complexity index is 124. The Morgan fingerprint density at radius 1 is 0.923 bits per heavy atom. The van der Waals surface area contributed by atoms with Gasteiger partial charge in [-0.15, -0.1) is 0 Å². The summed E-state index contributed by atoms with van der Waals surface area (Å²) in [6, 6.07) is 0. The highest BCUT2D eigenvalue weighted by atomic mass is 16.3. The van der Waals surface area contributed by atoms with Crippen LogP contribution in [0.4, 0.5) is 0 Å². The number of rotatable bonds is 4.